The minimum Gasteiger partial charge on any atom is -0.309 e. The molecule has 0 radical (unpaired) electrons. The van der Waals surface area contributed by atoms with Crippen LogP contribution in [0.5, 0.6) is 0 Å². The summed E-state index contributed by atoms with van der Waals surface area (Å²) >= 11 is 3.29. The van der Waals surface area contributed by atoms with Crippen LogP contribution in [0.2, 0.25) is 0 Å². The first-order valence-corrected chi connectivity index (χ1v) is 7.03. The van der Waals surface area contributed by atoms with E-state index in [0.717, 1.165) is 22.3 Å². The van der Waals surface area contributed by atoms with Gasteiger partial charge in [0.2, 0.25) is 0 Å². The number of hydrogen-bond donors (Lipinski definition) is 1. The summed E-state index contributed by atoms with van der Waals surface area (Å²) in [4.78, 5) is 0. The molecule has 1 heterocycles. The second-order valence-corrected chi connectivity index (χ2v) is 5.73. The third kappa shape index (κ3) is 4.44. The van der Waals surface area contributed by atoms with E-state index in [2.05, 4.69) is 40.2 Å². The van der Waals surface area contributed by atoms with Gasteiger partial charge in [0.05, 0.1) is 12.2 Å². The SMILES string of the molecule is CC(C)NCc1ccn(Cc2cc(F)cc(Br)c2)n1. The molecule has 0 aliphatic carbocycles. The Balaban J connectivity index is 2.03. The zero-order valence-electron chi connectivity index (χ0n) is 11.0. The van der Waals surface area contributed by atoms with Crippen molar-refractivity contribution >= 4 is 15.9 Å². The van der Waals surface area contributed by atoms with E-state index in [4.69, 9.17) is 0 Å². The molecule has 19 heavy (non-hydrogen) atoms. The maximum atomic E-state index is 13.3. The summed E-state index contributed by atoms with van der Waals surface area (Å²) < 4.78 is 15.8. The summed E-state index contributed by atoms with van der Waals surface area (Å²) in [6, 6.07) is 7.29. The maximum absolute atomic E-state index is 13.3. The Morgan fingerprint density at radius 2 is 2.16 bits per heavy atom. The normalized spacial score (nSPS) is 11.2. The van der Waals surface area contributed by atoms with Crippen molar-refractivity contribution in [1.82, 2.24) is 15.1 Å². The molecule has 0 unspecified atom stereocenters. The molecule has 0 bridgehead atoms. The minimum atomic E-state index is -0.238. The summed E-state index contributed by atoms with van der Waals surface area (Å²) in [5, 5.41) is 7.77. The maximum Gasteiger partial charge on any atom is 0.124 e. The summed E-state index contributed by atoms with van der Waals surface area (Å²) in [7, 11) is 0. The van der Waals surface area contributed by atoms with E-state index >= 15 is 0 Å². The first kappa shape index (κ1) is 14.2. The summed E-state index contributed by atoms with van der Waals surface area (Å²) in [5.74, 6) is -0.238. The fourth-order valence-electron chi connectivity index (χ4n) is 1.78. The molecule has 1 N–H and O–H groups in total. The monoisotopic (exact) mass is 325 g/mol. The van der Waals surface area contributed by atoms with Crippen molar-refractivity contribution in [2.24, 2.45) is 0 Å². The van der Waals surface area contributed by atoms with Gasteiger partial charge in [0.25, 0.3) is 0 Å². The first-order chi connectivity index (χ1) is 9.02. The van der Waals surface area contributed by atoms with Crippen LogP contribution in [0.15, 0.2) is 34.9 Å². The van der Waals surface area contributed by atoms with Gasteiger partial charge in [-0.3, -0.25) is 4.68 Å². The predicted octanol–water partition coefficient (Wildman–Crippen LogP) is 3.33. The van der Waals surface area contributed by atoms with Crippen molar-refractivity contribution in [2.45, 2.75) is 33.0 Å². The van der Waals surface area contributed by atoms with Crippen molar-refractivity contribution in [1.29, 1.82) is 0 Å². The summed E-state index contributed by atoms with van der Waals surface area (Å²) in [6.07, 6.45) is 1.91. The third-order valence-corrected chi connectivity index (χ3v) is 3.11. The quantitative estimate of drug-likeness (QED) is 0.913. The van der Waals surface area contributed by atoms with Crippen molar-refractivity contribution in [3.63, 3.8) is 0 Å². The highest BCUT2D eigenvalue weighted by Gasteiger charge is 2.03. The molecule has 102 valence electrons. The molecule has 0 atom stereocenters. The molecule has 0 saturated heterocycles. The van der Waals surface area contributed by atoms with Crippen LogP contribution in [0.4, 0.5) is 4.39 Å². The number of aromatic nitrogens is 2. The Hall–Kier alpha value is -1.20. The van der Waals surface area contributed by atoms with Crippen molar-refractivity contribution < 1.29 is 4.39 Å². The fraction of sp³-hybridized carbons (Fsp3) is 0.357. The van der Waals surface area contributed by atoms with Gasteiger partial charge in [-0.2, -0.15) is 5.10 Å². The predicted molar refractivity (Wildman–Crippen MR) is 77.4 cm³/mol. The molecule has 1 aromatic carbocycles. The summed E-state index contributed by atoms with van der Waals surface area (Å²) in [6.45, 7) is 5.51. The Labute approximate surface area is 121 Å². The van der Waals surface area contributed by atoms with Gasteiger partial charge in [-0.15, -0.1) is 0 Å². The minimum absolute atomic E-state index is 0.238. The molecular formula is C14H17BrFN3. The van der Waals surface area contributed by atoms with Gasteiger partial charge in [-0.1, -0.05) is 29.8 Å². The van der Waals surface area contributed by atoms with Crippen LogP contribution in [0.1, 0.15) is 25.1 Å². The van der Waals surface area contributed by atoms with Crippen LogP contribution >= 0.6 is 15.9 Å². The number of hydrogen-bond acceptors (Lipinski definition) is 2. The number of rotatable bonds is 5. The van der Waals surface area contributed by atoms with Gasteiger partial charge in [0, 0.05) is 23.3 Å². The first-order valence-electron chi connectivity index (χ1n) is 6.23. The lowest BCUT2D eigenvalue weighted by Crippen LogP contribution is -2.22. The van der Waals surface area contributed by atoms with Crippen LogP contribution < -0.4 is 5.32 Å². The van der Waals surface area contributed by atoms with Gasteiger partial charge >= 0.3 is 0 Å². The van der Waals surface area contributed by atoms with E-state index in [9.17, 15) is 4.39 Å². The molecule has 0 amide bonds. The van der Waals surface area contributed by atoms with Gasteiger partial charge in [-0.05, 0) is 29.8 Å². The molecule has 0 aliphatic rings. The highest BCUT2D eigenvalue weighted by atomic mass is 79.9. The fourth-order valence-corrected chi connectivity index (χ4v) is 2.30. The lowest BCUT2D eigenvalue weighted by Gasteiger charge is -2.06. The van der Waals surface area contributed by atoms with E-state index in [1.807, 2.05) is 23.0 Å². The zero-order valence-corrected chi connectivity index (χ0v) is 12.6. The van der Waals surface area contributed by atoms with E-state index in [0.29, 0.717) is 12.6 Å². The standard InChI is InChI=1S/C14H17BrFN3/c1-10(2)17-8-14-3-4-19(18-14)9-11-5-12(15)7-13(16)6-11/h3-7,10,17H,8-9H2,1-2H3. The number of nitrogens with one attached hydrogen (secondary N) is 1. The molecule has 0 fully saturated rings. The van der Waals surface area contributed by atoms with Crippen molar-refractivity contribution in [3.05, 3.63) is 52.0 Å². The largest absolute Gasteiger partial charge is 0.309 e. The van der Waals surface area contributed by atoms with Gasteiger partial charge in [0.1, 0.15) is 5.82 Å². The van der Waals surface area contributed by atoms with Gasteiger partial charge in [-0.25, -0.2) is 4.39 Å². The van der Waals surface area contributed by atoms with Crippen LogP contribution in [-0.2, 0) is 13.1 Å². The summed E-state index contributed by atoms with van der Waals surface area (Å²) in [5.41, 5.74) is 1.88. The highest BCUT2D eigenvalue weighted by Crippen LogP contribution is 2.15. The molecule has 2 aromatic rings. The Bertz CT molecular complexity index is 531. The Kier molecular flexibility index (Phi) is 4.71. The van der Waals surface area contributed by atoms with Gasteiger partial charge < -0.3 is 5.32 Å². The smallest absolute Gasteiger partial charge is 0.124 e. The number of benzene rings is 1. The second kappa shape index (κ2) is 6.30. The molecule has 0 spiro atoms. The molecule has 3 nitrogen and oxygen atoms in total. The van der Waals surface area contributed by atoms with Crippen LogP contribution in [-0.4, -0.2) is 15.8 Å². The average molecular weight is 326 g/mol. The molecular weight excluding hydrogens is 309 g/mol. The Morgan fingerprint density at radius 3 is 2.84 bits per heavy atom. The van der Waals surface area contributed by atoms with Crippen LogP contribution in [0.25, 0.3) is 0 Å². The van der Waals surface area contributed by atoms with Crippen LogP contribution in [0.3, 0.4) is 0 Å². The van der Waals surface area contributed by atoms with Crippen molar-refractivity contribution in [3.8, 4) is 0 Å². The van der Waals surface area contributed by atoms with E-state index < -0.39 is 0 Å². The molecule has 5 heteroatoms. The van der Waals surface area contributed by atoms with Gasteiger partial charge in [0.15, 0.2) is 0 Å². The van der Waals surface area contributed by atoms with Crippen molar-refractivity contribution in [2.75, 3.05) is 0 Å². The molecule has 1 aromatic heterocycles. The molecule has 0 aliphatic heterocycles. The number of halogens is 2. The van der Waals surface area contributed by atoms with E-state index in [1.165, 1.54) is 12.1 Å². The Morgan fingerprint density at radius 1 is 1.37 bits per heavy atom. The van der Waals surface area contributed by atoms with E-state index in [1.54, 1.807) is 0 Å². The molecule has 2 rings (SSSR count). The van der Waals surface area contributed by atoms with Crippen LogP contribution in [0, 0.1) is 5.82 Å². The second-order valence-electron chi connectivity index (χ2n) is 4.82. The van der Waals surface area contributed by atoms with E-state index in [-0.39, 0.29) is 5.82 Å². The average Bonchev–Trinajstić information content (AvgIpc) is 2.72. The number of nitrogens with zero attached hydrogens (tertiary/aromatic N) is 2. The topological polar surface area (TPSA) is 29.9 Å². The lowest BCUT2D eigenvalue weighted by molar-refractivity contribution is 0.569. The lowest BCUT2D eigenvalue weighted by atomic mass is 10.2. The zero-order chi connectivity index (χ0) is 13.8. The third-order valence-electron chi connectivity index (χ3n) is 2.65. The highest BCUT2D eigenvalue weighted by molar-refractivity contribution is 9.10. The molecule has 0 saturated carbocycles.